The summed E-state index contributed by atoms with van der Waals surface area (Å²) in [6.45, 7) is 1.89. The SMILES string of the molecule is NC1(c2ccccc2CCC(=O)N2CCCCCC2)CC1. The smallest absolute Gasteiger partial charge is 0.222 e. The summed E-state index contributed by atoms with van der Waals surface area (Å²) < 4.78 is 0. The maximum atomic E-state index is 12.4. The first-order chi connectivity index (χ1) is 10.2. The van der Waals surface area contributed by atoms with Gasteiger partial charge in [-0.15, -0.1) is 0 Å². The zero-order valence-corrected chi connectivity index (χ0v) is 12.8. The van der Waals surface area contributed by atoms with Gasteiger partial charge in [0.15, 0.2) is 0 Å². The van der Waals surface area contributed by atoms with Crippen LogP contribution in [0.15, 0.2) is 24.3 Å². The van der Waals surface area contributed by atoms with Gasteiger partial charge in [0.1, 0.15) is 0 Å². The third-order valence-electron chi connectivity index (χ3n) is 4.91. The highest BCUT2D eigenvalue weighted by Gasteiger charge is 2.41. The highest BCUT2D eigenvalue weighted by atomic mass is 16.2. The molecular weight excluding hydrogens is 260 g/mol. The summed E-state index contributed by atoms with van der Waals surface area (Å²) in [6.07, 6.45) is 8.44. The Morgan fingerprint density at radius 2 is 1.76 bits per heavy atom. The summed E-state index contributed by atoms with van der Waals surface area (Å²) in [5, 5.41) is 0. The number of aryl methyl sites for hydroxylation is 1. The Morgan fingerprint density at radius 1 is 1.10 bits per heavy atom. The van der Waals surface area contributed by atoms with Gasteiger partial charge in [0.2, 0.25) is 5.91 Å². The summed E-state index contributed by atoms with van der Waals surface area (Å²) in [6, 6.07) is 8.39. The van der Waals surface area contributed by atoms with Crippen molar-refractivity contribution in [2.75, 3.05) is 13.1 Å². The first-order valence-corrected chi connectivity index (χ1v) is 8.34. The third kappa shape index (κ3) is 3.46. The molecule has 1 aromatic rings. The molecular formula is C18H26N2O. The zero-order valence-electron chi connectivity index (χ0n) is 12.8. The maximum Gasteiger partial charge on any atom is 0.222 e. The molecule has 0 spiro atoms. The molecule has 2 N–H and O–H groups in total. The maximum absolute atomic E-state index is 12.4. The van der Waals surface area contributed by atoms with E-state index in [-0.39, 0.29) is 5.54 Å². The van der Waals surface area contributed by atoms with Gasteiger partial charge in [0.05, 0.1) is 0 Å². The lowest BCUT2D eigenvalue weighted by Gasteiger charge is -2.21. The number of rotatable bonds is 4. The molecule has 2 fully saturated rings. The van der Waals surface area contributed by atoms with Crippen molar-refractivity contribution in [3.8, 4) is 0 Å². The van der Waals surface area contributed by atoms with Crippen LogP contribution in [0.3, 0.4) is 0 Å². The molecule has 1 aromatic carbocycles. The van der Waals surface area contributed by atoms with E-state index in [0.29, 0.717) is 12.3 Å². The van der Waals surface area contributed by atoms with Crippen molar-refractivity contribution in [1.29, 1.82) is 0 Å². The topological polar surface area (TPSA) is 46.3 Å². The first-order valence-electron chi connectivity index (χ1n) is 8.34. The molecule has 0 radical (unpaired) electrons. The number of likely N-dealkylation sites (tertiary alicyclic amines) is 1. The second-order valence-corrected chi connectivity index (χ2v) is 6.61. The van der Waals surface area contributed by atoms with E-state index in [9.17, 15) is 4.79 Å². The van der Waals surface area contributed by atoms with Crippen molar-refractivity contribution >= 4 is 5.91 Å². The number of nitrogens with two attached hydrogens (primary N) is 1. The molecule has 0 unspecified atom stereocenters. The molecule has 2 aliphatic rings. The summed E-state index contributed by atoms with van der Waals surface area (Å²) >= 11 is 0. The number of carbonyl (C=O) groups excluding carboxylic acids is 1. The minimum Gasteiger partial charge on any atom is -0.343 e. The van der Waals surface area contributed by atoms with Crippen LogP contribution in [0.4, 0.5) is 0 Å². The van der Waals surface area contributed by atoms with Gasteiger partial charge in [0, 0.05) is 25.0 Å². The molecule has 3 nitrogen and oxygen atoms in total. The molecule has 0 atom stereocenters. The summed E-state index contributed by atoms with van der Waals surface area (Å²) in [7, 11) is 0. The van der Waals surface area contributed by atoms with Gasteiger partial charge < -0.3 is 10.6 Å². The Balaban J connectivity index is 1.61. The van der Waals surface area contributed by atoms with Crippen LogP contribution in [0.2, 0.25) is 0 Å². The van der Waals surface area contributed by atoms with Crippen LogP contribution in [0.25, 0.3) is 0 Å². The average molecular weight is 286 g/mol. The fraction of sp³-hybridized carbons (Fsp3) is 0.611. The van der Waals surface area contributed by atoms with Gasteiger partial charge in [-0.25, -0.2) is 0 Å². The Labute approximate surface area is 127 Å². The van der Waals surface area contributed by atoms with E-state index in [1.54, 1.807) is 0 Å². The van der Waals surface area contributed by atoms with Crippen molar-refractivity contribution in [3.63, 3.8) is 0 Å². The van der Waals surface area contributed by atoms with Crippen molar-refractivity contribution < 1.29 is 4.79 Å². The monoisotopic (exact) mass is 286 g/mol. The highest BCUT2D eigenvalue weighted by Crippen LogP contribution is 2.44. The molecule has 1 saturated heterocycles. The number of amides is 1. The summed E-state index contributed by atoms with van der Waals surface area (Å²) in [5.41, 5.74) is 8.76. The number of hydrogen-bond acceptors (Lipinski definition) is 2. The predicted molar refractivity (Wildman–Crippen MR) is 84.9 cm³/mol. The van der Waals surface area contributed by atoms with Crippen molar-refractivity contribution in [1.82, 2.24) is 4.90 Å². The molecule has 21 heavy (non-hydrogen) atoms. The van der Waals surface area contributed by atoms with E-state index in [4.69, 9.17) is 5.73 Å². The summed E-state index contributed by atoms with van der Waals surface area (Å²) in [5.74, 6) is 0.313. The van der Waals surface area contributed by atoms with Crippen LogP contribution in [0.5, 0.6) is 0 Å². The number of carbonyl (C=O) groups is 1. The van der Waals surface area contributed by atoms with Crippen LogP contribution in [-0.4, -0.2) is 23.9 Å². The molecule has 3 heteroatoms. The lowest BCUT2D eigenvalue weighted by molar-refractivity contribution is -0.131. The Kier molecular flexibility index (Phi) is 4.29. The molecule has 0 bridgehead atoms. The van der Waals surface area contributed by atoms with Crippen molar-refractivity contribution in [2.24, 2.45) is 5.73 Å². The molecule has 1 aliphatic heterocycles. The minimum absolute atomic E-state index is 0.109. The largest absolute Gasteiger partial charge is 0.343 e. The van der Waals surface area contributed by atoms with E-state index < -0.39 is 0 Å². The summed E-state index contributed by atoms with van der Waals surface area (Å²) in [4.78, 5) is 14.5. The zero-order chi connectivity index (χ0) is 14.7. The van der Waals surface area contributed by atoms with E-state index in [0.717, 1.165) is 45.2 Å². The van der Waals surface area contributed by atoms with Gasteiger partial charge in [-0.05, 0) is 43.2 Å². The van der Waals surface area contributed by atoms with Crippen LogP contribution >= 0.6 is 0 Å². The molecule has 0 aromatic heterocycles. The van der Waals surface area contributed by atoms with E-state index in [2.05, 4.69) is 29.2 Å². The van der Waals surface area contributed by atoms with Crippen LogP contribution in [-0.2, 0) is 16.8 Å². The molecule has 1 aliphatic carbocycles. The van der Waals surface area contributed by atoms with Crippen LogP contribution in [0.1, 0.15) is 56.1 Å². The van der Waals surface area contributed by atoms with Gasteiger partial charge in [0.25, 0.3) is 0 Å². The Bertz CT molecular complexity index is 500. The molecule has 3 rings (SSSR count). The number of nitrogens with zero attached hydrogens (tertiary/aromatic N) is 1. The standard InChI is InChI=1S/C18H26N2O/c19-18(11-12-18)16-8-4-3-7-15(16)9-10-17(21)20-13-5-1-2-6-14-20/h3-4,7-8H,1-2,5-6,9-14,19H2. The third-order valence-corrected chi connectivity index (χ3v) is 4.91. The first kappa shape index (κ1) is 14.6. The normalized spacial score (nSPS) is 20.9. The van der Waals surface area contributed by atoms with Gasteiger partial charge in [-0.2, -0.15) is 0 Å². The van der Waals surface area contributed by atoms with E-state index in [1.807, 2.05) is 0 Å². The lowest BCUT2D eigenvalue weighted by atomic mass is 9.95. The number of benzene rings is 1. The second kappa shape index (κ2) is 6.18. The van der Waals surface area contributed by atoms with Crippen molar-refractivity contribution in [3.05, 3.63) is 35.4 Å². The van der Waals surface area contributed by atoms with Gasteiger partial charge in [-0.1, -0.05) is 37.1 Å². The molecule has 1 amide bonds. The fourth-order valence-electron chi connectivity index (χ4n) is 3.35. The highest BCUT2D eigenvalue weighted by molar-refractivity contribution is 5.76. The van der Waals surface area contributed by atoms with Crippen LogP contribution < -0.4 is 5.73 Å². The van der Waals surface area contributed by atoms with Crippen molar-refractivity contribution in [2.45, 2.75) is 56.9 Å². The minimum atomic E-state index is -0.109. The number of hydrogen-bond donors (Lipinski definition) is 1. The van der Waals surface area contributed by atoms with Gasteiger partial charge >= 0.3 is 0 Å². The second-order valence-electron chi connectivity index (χ2n) is 6.61. The molecule has 114 valence electrons. The lowest BCUT2D eigenvalue weighted by Crippen LogP contribution is -2.32. The average Bonchev–Trinajstić information content (AvgIpc) is 3.29. The predicted octanol–water partition coefficient (Wildman–Crippen LogP) is 2.97. The Hall–Kier alpha value is -1.35. The Morgan fingerprint density at radius 3 is 2.43 bits per heavy atom. The quantitative estimate of drug-likeness (QED) is 0.925. The van der Waals surface area contributed by atoms with Crippen LogP contribution in [0, 0.1) is 0 Å². The van der Waals surface area contributed by atoms with E-state index in [1.165, 1.54) is 24.0 Å². The van der Waals surface area contributed by atoms with E-state index >= 15 is 0 Å². The van der Waals surface area contributed by atoms with Gasteiger partial charge in [-0.3, -0.25) is 4.79 Å². The molecule has 1 saturated carbocycles. The molecule has 1 heterocycles. The fourth-order valence-corrected chi connectivity index (χ4v) is 3.35.